The maximum absolute atomic E-state index is 12.6. The van der Waals surface area contributed by atoms with E-state index in [2.05, 4.69) is 6.07 Å². The van der Waals surface area contributed by atoms with Gasteiger partial charge in [-0.3, -0.25) is 4.79 Å². The molecule has 0 saturated carbocycles. The molecule has 2 aromatic carbocycles. The van der Waals surface area contributed by atoms with Gasteiger partial charge in [0.05, 0.1) is 12.5 Å². The number of carbonyl (C=O) groups excluding carboxylic acids is 1. The van der Waals surface area contributed by atoms with Crippen molar-refractivity contribution < 1.29 is 9.53 Å². The molecule has 3 rings (SSSR count). The number of hydrogen-bond acceptors (Lipinski definition) is 2. The molecule has 1 unspecified atom stereocenters. The lowest BCUT2D eigenvalue weighted by Crippen LogP contribution is -2.28. The van der Waals surface area contributed by atoms with Crippen LogP contribution in [0.1, 0.15) is 27.0 Å². The number of hydrogen-bond donors (Lipinski definition) is 0. The van der Waals surface area contributed by atoms with Gasteiger partial charge in [-0.15, -0.1) is 0 Å². The normalized spacial score (nSPS) is 17.2. The first-order valence-electron chi connectivity index (χ1n) is 6.97. The number of aryl methyl sites for hydroxylation is 2. The fourth-order valence-electron chi connectivity index (χ4n) is 2.85. The van der Waals surface area contributed by atoms with Crippen LogP contribution in [0, 0.1) is 19.8 Å². The Balaban J connectivity index is 1.86. The summed E-state index contributed by atoms with van der Waals surface area (Å²) in [4.78, 5) is 12.6. The fourth-order valence-corrected chi connectivity index (χ4v) is 2.85. The van der Waals surface area contributed by atoms with Crippen molar-refractivity contribution in [3.8, 4) is 5.75 Å². The van der Waals surface area contributed by atoms with Crippen molar-refractivity contribution in [2.45, 2.75) is 20.3 Å². The number of ketones is 1. The Labute approximate surface area is 119 Å². The van der Waals surface area contributed by atoms with Gasteiger partial charge in [0.1, 0.15) is 5.75 Å². The van der Waals surface area contributed by atoms with Crippen LogP contribution in [-0.2, 0) is 6.42 Å². The van der Waals surface area contributed by atoms with E-state index in [9.17, 15) is 4.79 Å². The second-order valence-corrected chi connectivity index (χ2v) is 5.56. The highest BCUT2D eigenvalue weighted by molar-refractivity contribution is 5.98. The van der Waals surface area contributed by atoms with Crippen LogP contribution >= 0.6 is 0 Å². The number of benzene rings is 2. The summed E-state index contributed by atoms with van der Waals surface area (Å²) in [6, 6.07) is 14.0. The Bertz CT molecular complexity index is 638. The van der Waals surface area contributed by atoms with E-state index in [0.29, 0.717) is 6.61 Å². The fraction of sp³-hybridized carbons (Fsp3) is 0.278. The van der Waals surface area contributed by atoms with E-state index in [1.165, 1.54) is 0 Å². The van der Waals surface area contributed by atoms with Gasteiger partial charge in [-0.25, -0.2) is 0 Å². The third-order valence-corrected chi connectivity index (χ3v) is 3.76. The molecule has 0 aliphatic carbocycles. The number of Topliss-reactive ketones (excluding diaryl/α,β-unsaturated/α-hetero) is 1. The number of ether oxygens (including phenoxy) is 1. The molecule has 0 bridgehead atoms. The molecular formula is C18H18O2. The van der Waals surface area contributed by atoms with E-state index < -0.39 is 0 Å². The topological polar surface area (TPSA) is 26.3 Å². The summed E-state index contributed by atoms with van der Waals surface area (Å²) in [5.74, 6) is 1.02. The van der Waals surface area contributed by atoms with Gasteiger partial charge in [0.15, 0.2) is 5.78 Å². The Morgan fingerprint density at radius 2 is 1.80 bits per heavy atom. The van der Waals surface area contributed by atoms with Crippen LogP contribution in [0.5, 0.6) is 5.75 Å². The standard InChI is InChI=1S/C18H18O2/c1-12-7-13(2)9-15(8-12)18(19)16-10-14-5-3-4-6-17(14)20-11-16/h3-9,16H,10-11H2,1-2H3. The molecule has 2 aromatic rings. The van der Waals surface area contributed by atoms with Crippen LogP contribution in [0.4, 0.5) is 0 Å². The summed E-state index contributed by atoms with van der Waals surface area (Å²) in [5, 5.41) is 0. The smallest absolute Gasteiger partial charge is 0.169 e. The highest BCUT2D eigenvalue weighted by Crippen LogP contribution is 2.28. The van der Waals surface area contributed by atoms with Crippen molar-refractivity contribution in [2.24, 2.45) is 5.92 Å². The van der Waals surface area contributed by atoms with Gasteiger partial charge in [0.25, 0.3) is 0 Å². The zero-order valence-corrected chi connectivity index (χ0v) is 11.8. The second-order valence-electron chi connectivity index (χ2n) is 5.56. The first-order chi connectivity index (χ1) is 9.63. The SMILES string of the molecule is Cc1cc(C)cc(C(=O)C2COc3ccccc3C2)c1. The van der Waals surface area contributed by atoms with Crippen LogP contribution in [0.25, 0.3) is 0 Å². The van der Waals surface area contributed by atoms with Gasteiger partial charge < -0.3 is 4.74 Å². The number of rotatable bonds is 2. The minimum Gasteiger partial charge on any atom is -0.493 e. The summed E-state index contributed by atoms with van der Waals surface area (Å²) < 4.78 is 5.72. The van der Waals surface area contributed by atoms with Gasteiger partial charge in [-0.2, -0.15) is 0 Å². The molecule has 2 heteroatoms. The van der Waals surface area contributed by atoms with Crippen molar-refractivity contribution in [3.05, 3.63) is 64.7 Å². The predicted molar refractivity (Wildman–Crippen MR) is 79.4 cm³/mol. The maximum Gasteiger partial charge on any atom is 0.169 e. The van der Waals surface area contributed by atoms with E-state index in [1.54, 1.807) is 0 Å². The van der Waals surface area contributed by atoms with Crippen LogP contribution in [0.15, 0.2) is 42.5 Å². The van der Waals surface area contributed by atoms with Crippen LogP contribution in [-0.4, -0.2) is 12.4 Å². The summed E-state index contributed by atoms with van der Waals surface area (Å²) in [6.07, 6.45) is 0.766. The number of para-hydroxylation sites is 1. The Hall–Kier alpha value is -2.09. The van der Waals surface area contributed by atoms with Crippen LogP contribution in [0.3, 0.4) is 0 Å². The van der Waals surface area contributed by atoms with Crippen molar-refractivity contribution in [2.75, 3.05) is 6.61 Å². The van der Waals surface area contributed by atoms with Gasteiger partial charge in [0, 0.05) is 5.56 Å². The average Bonchev–Trinajstić information content (AvgIpc) is 2.45. The maximum atomic E-state index is 12.6. The molecule has 2 nitrogen and oxygen atoms in total. The van der Waals surface area contributed by atoms with Gasteiger partial charge in [-0.05, 0) is 44.0 Å². The summed E-state index contributed by atoms with van der Waals surface area (Å²) in [6.45, 7) is 4.52. The molecule has 0 fully saturated rings. The lowest BCUT2D eigenvalue weighted by atomic mass is 9.89. The monoisotopic (exact) mass is 266 g/mol. The quantitative estimate of drug-likeness (QED) is 0.774. The summed E-state index contributed by atoms with van der Waals surface area (Å²) in [7, 11) is 0. The minimum absolute atomic E-state index is 0.0777. The zero-order valence-electron chi connectivity index (χ0n) is 11.8. The lowest BCUT2D eigenvalue weighted by Gasteiger charge is -2.24. The largest absolute Gasteiger partial charge is 0.493 e. The molecule has 1 aliphatic rings. The van der Waals surface area contributed by atoms with E-state index in [-0.39, 0.29) is 11.7 Å². The number of fused-ring (bicyclic) bond motifs is 1. The molecule has 0 saturated heterocycles. The molecule has 20 heavy (non-hydrogen) atoms. The van der Waals surface area contributed by atoms with Crippen molar-refractivity contribution in [1.29, 1.82) is 0 Å². The molecule has 0 amide bonds. The highest BCUT2D eigenvalue weighted by atomic mass is 16.5. The van der Waals surface area contributed by atoms with E-state index in [1.807, 2.05) is 50.2 Å². The molecule has 0 N–H and O–H groups in total. The second kappa shape index (κ2) is 5.12. The summed E-state index contributed by atoms with van der Waals surface area (Å²) in [5.41, 5.74) is 4.19. The first-order valence-corrected chi connectivity index (χ1v) is 6.97. The molecule has 1 atom stereocenters. The van der Waals surface area contributed by atoms with Crippen molar-refractivity contribution in [1.82, 2.24) is 0 Å². The van der Waals surface area contributed by atoms with E-state index >= 15 is 0 Å². The van der Waals surface area contributed by atoms with Gasteiger partial charge in [-0.1, -0.05) is 35.4 Å². The molecule has 0 aromatic heterocycles. The highest BCUT2D eigenvalue weighted by Gasteiger charge is 2.26. The molecule has 1 aliphatic heterocycles. The zero-order chi connectivity index (χ0) is 14.1. The number of carbonyl (C=O) groups is 1. The Morgan fingerprint density at radius 1 is 1.10 bits per heavy atom. The predicted octanol–water partition coefficient (Wildman–Crippen LogP) is 3.74. The van der Waals surface area contributed by atoms with Gasteiger partial charge >= 0.3 is 0 Å². The van der Waals surface area contributed by atoms with Gasteiger partial charge in [0.2, 0.25) is 0 Å². The minimum atomic E-state index is -0.0777. The summed E-state index contributed by atoms with van der Waals surface area (Å²) >= 11 is 0. The molecule has 0 spiro atoms. The first kappa shape index (κ1) is 12.9. The Kier molecular flexibility index (Phi) is 3.31. The molecule has 0 radical (unpaired) electrons. The van der Waals surface area contributed by atoms with Crippen molar-refractivity contribution >= 4 is 5.78 Å². The molecule has 102 valence electrons. The molecule has 1 heterocycles. The van der Waals surface area contributed by atoms with Crippen molar-refractivity contribution in [3.63, 3.8) is 0 Å². The van der Waals surface area contributed by atoms with E-state index in [0.717, 1.165) is 34.4 Å². The lowest BCUT2D eigenvalue weighted by molar-refractivity contribution is 0.0855. The average molecular weight is 266 g/mol. The third-order valence-electron chi connectivity index (χ3n) is 3.76. The molecular weight excluding hydrogens is 248 g/mol. The van der Waals surface area contributed by atoms with E-state index in [4.69, 9.17) is 4.74 Å². The Morgan fingerprint density at radius 3 is 2.55 bits per heavy atom. The van der Waals surface area contributed by atoms with Crippen LogP contribution < -0.4 is 4.74 Å². The third kappa shape index (κ3) is 2.46. The van der Waals surface area contributed by atoms with Crippen LogP contribution in [0.2, 0.25) is 0 Å².